The maximum Gasteiger partial charge on any atom is 0.306 e. The Bertz CT molecular complexity index is 966. The van der Waals surface area contributed by atoms with Gasteiger partial charge in [-0.2, -0.15) is 0 Å². The highest BCUT2D eigenvalue weighted by Crippen LogP contribution is 2.28. The van der Waals surface area contributed by atoms with Gasteiger partial charge in [0.25, 0.3) is 5.89 Å². The lowest BCUT2D eigenvalue weighted by atomic mass is 10.1. The number of rotatable bonds is 8. The standard InChI is InChI=1S/C22H24N2O5/c1-14-5-9-17(10-6-14)22-24-23-21(29-22)15(2)28-20(25)12-8-16-7-11-18(26-3)19(13-16)27-4/h5-7,9-11,13,15H,8,12H2,1-4H3/t15-/m0/s1. The fraction of sp³-hybridized carbons (Fsp3) is 0.318. The Morgan fingerprint density at radius 1 is 1.03 bits per heavy atom. The van der Waals surface area contributed by atoms with Crippen LogP contribution >= 0.6 is 0 Å². The van der Waals surface area contributed by atoms with Gasteiger partial charge in [-0.1, -0.05) is 23.8 Å². The Hall–Kier alpha value is -3.35. The quantitative estimate of drug-likeness (QED) is 0.525. The number of aromatic nitrogens is 2. The van der Waals surface area contributed by atoms with Crippen LogP contribution in [0.3, 0.4) is 0 Å². The van der Waals surface area contributed by atoms with Crippen LogP contribution < -0.4 is 9.47 Å². The van der Waals surface area contributed by atoms with E-state index >= 15 is 0 Å². The highest BCUT2D eigenvalue weighted by atomic mass is 16.6. The van der Waals surface area contributed by atoms with Crippen LogP contribution in [0.15, 0.2) is 46.9 Å². The second-order valence-electron chi connectivity index (χ2n) is 6.63. The maximum absolute atomic E-state index is 12.2. The molecule has 0 aliphatic rings. The highest BCUT2D eigenvalue weighted by Gasteiger charge is 2.19. The molecule has 1 heterocycles. The summed E-state index contributed by atoms with van der Waals surface area (Å²) in [5.41, 5.74) is 2.92. The number of methoxy groups -OCH3 is 2. The van der Waals surface area contributed by atoms with Crippen molar-refractivity contribution in [3.8, 4) is 23.0 Å². The summed E-state index contributed by atoms with van der Waals surface area (Å²) >= 11 is 0. The monoisotopic (exact) mass is 396 g/mol. The number of benzene rings is 2. The van der Waals surface area contributed by atoms with E-state index in [0.29, 0.717) is 23.8 Å². The van der Waals surface area contributed by atoms with E-state index in [-0.39, 0.29) is 18.3 Å². The van der Waals surface area contributed by atoms with Crippen molar-refractivity contribution in [2.24, 2.45) is 0 Å². The van der Waals surface area contributed by atoms with Crippen LogP contribution in [0.4, 0.5) is 0 Å². The molecule has 0 bridgehead atoms. The summed E-state index contributed by atoms with van der Waals surface area (Å²) in [6.45, 7) is 3.72. The first-order chi connectivity index (χ1) is 14.0. The van der Waals surface area contributed by atoms with Crippen molar-refractivity contribution in [1.82, 2.24) is 10.2 Å². The average molecular weight is 396 g/mol. The fourth-order valence-electron chi connectivity index (χ4n) is 2.80. The molecule has 0 N–H and O–H groups in total. The molecular weight excluding hydrogens is 372 g/mol. The third-order valence-electron chi connectivity index (χ3n) is 4.46. The van der Waals surface area contributed by atoms with Gasteiger partial charge in [0.1, 0.15) is 0 Å². The van der Waals surface area contributed by atoms with Gasteiger partial charge < -0.3 is 18.6 Å². The van der Waals surface area contributed by atoms with E-state index in [2.05, 4.69) is 10.2 Å². The maximum atomic E-state index is 12.2. The molecule has 3 aromatic rings. The van der Waals surface area contributed by atoms with E-state index in [9.17, 15) is 4.79 Å². The zero-order valence-corrected chi connectivity index (χ0v) is 17.0. The second kappa shape index (κ2) is 9.23. The second-order valence-corrected chi connectivity index (χ2v) is 6.63. The van der Waals surface area contributed by atoms with Gasteiger partial charge in [-0.15, -0.1) is 10.2 Å². The van der Waals surface area contributed by atoms with Crippen LogP contribution in [-0.4, -0.2) is 30.4 Å². The van der Waals surface area contributed by atoms with E-state index < -0.39 is 6.10 Å². The highest BCUT2D eigenvalue weighted by molar-refractivity contribution is 5.70. The summed E-state index contributed by atoms with van der Waals surface area (Å²) in [6, 6.07) is 13.3. The number of nitrogens with zero attached hydrogens (tertiary/aromatic N) is 2. The minimum Gasteiger partial charge on any atom is -0.493 e. The molecule has 7 heteroatoms. The molecule has 0 saturated carbocycles. The molecule has 7 nitrogen and oxygen atoms in total. The van der Waals surface area contributed by atoms with Crippen molar-refractivity contribution >= 4 is 5.97 Å². The van der Waals surface area contributed by atoms with E-state index in [4.69, 9.17) is 18.6 Å². The van der Waals surface area contributed by atoms with Gasteiger partial charge in [0.15, 0.2) is 17.6 Å². The summed E-state index contributed by atoms with van der Waals surface area (Å²) in [4.78, 5) is 12.2. The predicted octanol–water partition coefficient (Wildman–Crippen LogP) is 4.30. The number of hydrogen-bond acceptors (Lipinski definition) is 7. The van der Waals surface area contributed by atoms with E-state index in [1.54, 1.807) is 21.1 Å². The first-order valence-electron chi connectivity index (χ1n) is 9.31. The van der Waals surface area contributed by atoms with Gasteiger partial charge in [0.2, 0.25) is 5.89 Å². The molecule has 0 saturated heterocycles. The normalized spacial score (nSPS) is 11.7. The van der Waals surface area contributed by atoms with Gasteiger partial charge in [0.05, 0.1) is 14.2 Å². The van der Waals surface area contributed by atoms with Crippen molar-refractivity contribution in [3.63, 3.8) is 0 Å². The lowest BCUT2D eigenvalue weighted by Gasteiger charge is -2.11. The lowest BCUT2D eigenvalue weighted by Crippen LogP contribution is -2.10. The summed E-state index contributed by atoms with van der Waals surface area (Å²) in [5.74, 6) is 1.59. The molecule has 0 aliphatic carbocycles. The predicted molar refractivity (Wildman–Crippen MR) is 107 cm³/mol. The SMILES string of the molecule is COc1ccc(CCC(=O)O[C@@H](C)c2nnc(-c3ccc(C)cc3)o2)cc1OC. The molecule has 0 unspecified atom stereocenters. The molecule has 1 atom stereocenters. The largest absolute Gasteiger partial charge is 0.493 e. The number of ether oxygens (including phenoxy) is 3. The Kier molecular flexibility index (Phi) is 6.49. The summed E-state index contributed by atoms with van der Waals surface area (Å²) in [6.07, 6.45) is 0.114. The van der Waals surface area contributed by atoms with Crippen LogP contribution in [0.2, 0.25) is 0 Å². The van der Waals surface area contributed by atoms with Crippen molar-refractivity contribution in [2.45, 2.75) is 32.8 Å². The number of carbonyl (C=O) groups is 1. The Morgan fingerprint density at radius 3 is 2.45 bits per heavy atom. The number of hydrogen-bond donors (Lipinski definition) is 0. The number of aryl methyl sites for hydroxylation is 2. The third-order valence-corrected chi connectivity index (χ3v) is 4.46. The van der Waals surface area contributed by atoms with Crippen LogP contribution in [0.1, 0.15) is 36.5 Å². The van der Waals surface area contributed by atoms with Crippen LogP contribution in [0.25, 0.3) is 11.5 Å². The summed E-state index contributed by atoms with van der Waals surface area (Å²) in [5, 5.41) is 8.04. The lowest BCUT2D eigenvalue weighted by molar-refractivity contribution is -0.149. The third kappa shape index (κ3) is 5.13. The smallest absolute Gasteiger partial charge is 0.306 e. The van der Waals surface area contributed by atoms with Gasteiger partial charge in [-0.3, -0.25) is 4.79 Å². The molecule has 1 aromatic heterocycles. The fourth-order valence-corrected chi connectivity index (χ4v) is 2.80. The van der Waals surface area contributed by atoms with E-state index in [1.165, 1.54) is 0 Å². The minimum atomic E-state index is -0.625. The van der Waals surface area contributed by atoms with E-state index in [0.717, 1.165) is 16.7 Å². The molecule has 0 fully saturated rings. The van der Waals surface area contributed by atoms with Crippen molar-refractivity contribution in [1.29, 1.82) is 0 Å². The molecule has 0 amide bonds. The van der Waals surface area contributed by atoms with Gasteiger partial charge >= 0.3 is 5.97 Å². The first-order valence-corrected chi connectivity index (χ1v) is 9.31. The van der Waals surface area contributed by atoms with Gasteiger partial charge in [-0.05, 0) is 50.1 Å². The Morgan fingerprint density at radius 2 is 1.76 bits per heavy atom. The molecule has 0 radical (unpaired) electrons. The number of carbonyl (C=O) groups excluding carboxylic acids is 1. The zero-order chi connectivity index (χ0) is 20.8. The minimum absolute atomic E-state index is 0.221. The van der Waals surface area contributed by atoms with Crippen LogP contribution in [0, 0.1) is 6.92 Å². The van der Waals surface area contributed by atoms with Crippen LogP contribution in [-0.2, 0) is 16.0 Å². The number of esters is 1. The molecule has 3 rings (SSSR count). The van der Waals surface area contributed by atoms with Crippen molar-refractivity contribution in [3.05, 3.63) is 59.5 Å². The molecule has 29 heavy (non-hydrogen) atoms. The summed E-state index contributed by atoms with van der Waals surface area (Å²) in [7, 11) is 3.16. The first kappa shape index (κ1) is 20.4. The van der Waals surface area contributed by atoms with Gasteiger partial charge in [-0.25, -0.2) is 0 Å². The van der Waals surface area contributed by atoms with Crippen LogP contribution in [0.5, 0.6) is 11.5 Å². The van der Waals surface area contributed by atoms with E-state index in [1.807, 2.05) is 49.4 Å². The van der Waals surface area contributed by atoms with Crippen molar-refractivity contribution in [2.75, 3.05) is 14.2 Å². The topological polar surface area (TPSA) is 83.7 Å². The molecular formula is C22H24N2O5. The zero-order valence-electron chi connectivity index (χ0n) is 17.0. The Balaban J connectivity index is 1.56. The Labute approximate surface area is 169 Å². The average Bonchev–Trinajstić information content (AvgIpc) is 3.23. The molecule has 152 valence electrons. The summed E-state index contributed by atoms with van der Waals surface area (Å²) < 4.78 is 21.6. The molecule has 0 aliphatic heterocycles. The van der Waals surface area contributed by atoms with Crippen molar-refractivity contribution < 1.29 is 23.4 Å². The molecule has 0 spiro atoms. The molecule has 2 aromatic carbocycles. The van der Waals surface area contributed by atoms with Gasteiger partial charge in [0, 0.05) is 12.0 Å².